The molecule has 0 amide bonds. The van der Waals surface area contributed by atoms with Gasteiger partial charge < -0.3 is 0 Å². The molecule has 3 rings (SSSR count). The van der Waals surface area contributed by atoms with Gasteiger partial charge in [-0.3, -0.25) is 0 Å². The van der Waals surface area contributed by atoms with E-state index in [-0.39, 0.29) is 5.82 Å². The van der Waals surface area contributed by atoms with Gasteiger partial charge in [0.2, 0.25) is 0 Å². The van der Waals surface area contributed by atoms with Crippen LogP contribution in [0.15, 0.2) is 54.6 Å². The standard InChI is InChI=1S/C24H23F/c1-3-5-6-20-12-16-23-22(17-20)15-14-21(24(23)25)13-11-19-9-7-18(4-2)8-10-19/h7-10,12,14-17H,3-6H2,1-2H3. The first-order valence-electron chi connectivity index (χ1n) is 9.03. The Morgan fingerprint density at radius 3 is 2.32 bits per heavy atom. The van der Waals surface area contributed by atoms with E-state index in [4.69, 9.17) is 0 Å². The van der Waals surface area contributed by atoms with Crippen LogP contribution in [0.1, 0.15) is 48.9 Å². The minimum absolute atomic E-state index is 0.225. The van der Waals surface area contributed by atoms with Gasteiger partial charge in [-0.15, -0.1) is 0 Å². The summed E-state index contributed by atoms with van der Waals surface area (Å²) in [4.78, 5) is 0. The maximum atomic E-state index is 14.8. The van der Waals surface area contributed by atoms with Crippen LogP contribution < -0.4 is 0 Å². The van der Waals surface area contributed by atoms with Crippen LogP contribution in [-0.2, 0) is 12.8 Å². The van der Waals surface area contributed by atoms with Crippen LogP contribution in [0.2, 0.25) is 0 Å². The van der Waals surface area contributed by atoms with Crippen LogP contribution in [0, 0.1) is 17.7 Å². The van der Waals surface area contributed by atoms with Crippen LogP contribution in [0.25, 0.3) is 10.8 Å². The number of halogens is 1. The molecule has 0 aliphatic carbocycles. The van der Waals surface area contributed by atoms with Crippen molar-refractivity contribution in [1.82, 2.24) is 0 Å². The third kappa shape index (κ3) is 4.09. The smallest absolute Gasteiger partial charge is 0.146 e. The highest BCUT2D eigenvalue weighted by atomic mass is 19.1. The van der Waals surface area contributed by atoms with Crippen LogP contribution in [0.3, 0.4) is 0 Å². The number of hydrogen-bond donors (Lipinski definition) is 0. The second-order valence-electron chi connectivity index (χ2n) is 6.39. The molecule has 0 N–H and O–H groups in total. The van der Waals surface area contributed by atoms with E-state index in [1.165, 1.54) is 17.5 Å². The van der Waals surface area contributed by atoms with Gasteiger partial charge in [0.25, 0.3) is 0 Å². The third-order valence-electron chi connectivity index (χ3n) is 4.54. The Labute approximate surface area is 149 Å². The maximum Gasteiger partial charge on any atom is 0.146 e. The first-order chi connectivity index (χ1) is 12.2. The molecule has 0 saturated carbocycles. The molecule has 3 aromatic carbocycles. The van der Waals surface area contributed by atoms with Crippen molar-refractivity contribution in [3.8, 4) is 11.8 Å². The molecule has 0 aliphatic rings. The van der Waals surface area contributed by atoms with E-state index >= 15 is 0 Å². The molecule has 0 unspecified atom stereocenters. The van der Waals surface area contributed by atoms with Crippen molar-refractivity contribution in [2.75, 3.05) is 0 Å². The highest BCUT2D eigenvalue weighted by Crippen LogP contribution is 2.23. The van der Waals surface area contributed by atoms with E-state index in [1.54, 1.807) is 6.07 Å². The summed E-state index contributed by atoms with van der Waals surface area (Å²) in [5.41, 5.74) is 3.91. The second-order valence-corrected chi connectivity index (χ2v) is 6.39. The topological polar surface area (TPSA) is 0 Å². The summed E-state index contributed by atoms with van der Waals surface area (Å²) in [5, 5.41) is 1.59. The summed E-state index contributed by atoms with van der Waals surface area (Å²) >= 11 is 0. The summed E-state index contributed by atoms with van der Waals surface area (Å²) in [6.07, 6.45) is 4.38. The van der Waals surface area contributed by atoms with Crippen LogP contribution >= 0.6 is 0 Å². The number of hydrogen-bond acceptors (Lipinski definition) is 0. The Balaban J connectivity index is 1.90. The van der Waals surface area contributed by atoms with Gasteiger partial charge in [-0.05, 0) is 54.0 Å². The average Bonchev–Trinajstić information content (AvgIpc) is 2.66. The molecule has 0 aliphatic heterocycles. The molecule has 0 fully saturated rings. The minimum atomic E-state index is -0.225. The van der Waals surface area contributed by atoms with Crippen LogP contribution in [-0.4, -0.2) is 0 Å². The number of fused-ring (bicyclic) bond motifs is 1. The number of rotatable bonds is 4. The summed E-state index contributed by atoms with van der Waals surface area (Å²) in [7, 11) is 0. The summed E-state index contributed by atoms with van der Waals surface area (Å²) in [6.45, 7) is 4.31. The largest absolute Gasteiger partial charge is 0.205 e. The third-order valence-corrected chi connectivity index (χ3v) is 4.54. The van der Waals surface area contributed by atoms with Crippen molar-refractivity contribution in [1.29, 1.82) is 0 Å². The molecule has 1 heteroatoms. The monoisotopic (exact) mass is 330 g/mol. The van der Waals surface area contributed by atoms with Crippen molar-refractivity contribution in [2.45, 2.75) is 39.5 Å². The lowest BCUT2D eigenvalue weighted by molar-refractivity contribution is 0.636. The molecule has 0 spiro atoms. The molecule has 0 atom stereocenters. The minimum Gasteiger partial charge on any atom is -0.205 e. The van der Waals surface area contributed by atoms with Crippen molar-refractivity contribution in [3.05, 3.63) is 82.7 Å². The van der Waals surface area contributed by atoms with Gasteiger partial charge in [0.1, 0.15) is 5.82 Å². The first-order valence-corrected chi connectivity index (χ1v) is 9.03. The molecule has 0 nitrogen and oxygen atoms in total. The van der Waals surface area contributed by atoms with Gasteiger partial charge in [-0.2, -0.15) is 0 Å². The number of aryl methyl sites for hydroxylation is 2. The Bertz CT molecular complexity index is 924. The van der Waals surface area contributed by atoms with E-state index in [0.29, 0.717) is 10.9 Å². The zero-order valence-corrected chi connectivity index (χ0v) is 14.9. The Kier molecular flexibility index (Phi) is 5.51. The molecular weight excluding hydrogens is 307 g/mol. The van der Waals surface area contributed by atoms with Gasteiger partial charge in [0, 0.05) is 10.9 Å². The zero-order valence-electron chi connectivity index (χ0n) is 14.9. The Morgan fingerprint density at radius 2 is 1.60 bits per heavy atom. The second kappa shape index (κ2) is 7.99. The SMILES string of the molecule is CCCCc1ccc2c(F)c(C#Cc3ccc(CC)cc3)ccc2c1. The molecule has 25 heavy (non-hydrogen) atoms. The van der Waals surface area contributed by atoms with E-state index in [2.05, 4.69) is 43.9 Å². The first kappa shape index (κ1) is 17.2. The summed E-state index contributed by atoms with van der Waals surface area (Å²) < 4.78 is 14.8. The highest BCUT2D eigenvalue weighted by Gasteiger charge is 2.06. The van der Waals surface area contributed by atoms with Crippen LogP contribution in [0.5, 0.6) is 0 Å². The fraction of sp³-hybridized carbons (Fsp3) is 0.250. The van der Waals surface area contributed by atoms with E-state index in [1.807, 2.05) is 30.3 Å². The quantitative estimate of drug-likeness (QED) is 0.494. The van der Waals surface area contributed by atoms with Gasteiger partial charge in [0.05, 0.1) is 5.56 Å². The zero-order chi connectivity index (χ0) is 17.6. The Morgan fingerprint density at radius 1 is 0.840 bits per heavy atom. The molecule has 0 saturated heterocycles. The maximum absolute atomic E-state index is 14.8. The van der Waals surface area contributed by atoms with Crippen molar-refractivity contribution < 1.29 is 4.39 Å². The van der Waals surface area contributed by atoms with E-state index in [9.17, 15) is 4.39 Å². The average molecular weight is 330 g/mol. The van der Waals surface area contributed by atoms with Crippen LogP contribution in [0.4, 0.5) is 4.39 Å². The summed E-state index contributed by atoms with van der Waals surface area (Å²) in [5.74, 6) is 5.83. The fourth-order valence-electron chi connectivity index (χ4n) is 2.94. The number of benzene rings is 3. The van der Waals surface area contributed by atoms with Gasteiger partial charge in [0.15, 0.2) is 0 Å². The van der Waals surface area contributed by atoms with E-state index in [0.717, 1.165) is 30.2 Å². The Hall–Kier alpha value is -2.59. The molecular formula is C24H23F. The normalized spacial score (nSPS) is 10.5. The molecule has 0 aromatic heterocycles. The molecule has 0 heterocycles. The van der Waals surface area contributed by atoms with Gasteiger partial charge in [-0.1, -0.05) is 68.5 Å². The van der Waals surface area contributed by atoms with Gasteiger partial charge >= 0.3 is 0 Å². The number of unbranched alkanes of at least 4 members (excludes halogenated alkanes) is 1. The summed E-state index contributed by atoms with van der Waals surface area (Å²) in [6, 6.07) is 17.9. The lowest BCUT2D eigenvalue weighted by atomic mass is 10.0. The predicted molar refractivity (Wildman–Crippen MR) is 104 cm³/mol. The van der Waals surface area contributed by atoms with E-state index < -0.39 is 0 Å². The lowest BCUT2D eigenvalue weighted by Crippen LogP contribution is -1.90. The van der Waals surface area contributed by atoms with Crippen molar-refractivity contribution in [3.63, 3.8) is 0 Å². The molecule has 126 valence electrons. The van der Waals surface area contributed by atoms with Crippen molar-refractivity contribution in [2.24, 2.45) is 0 Å². The van der Waals surface area contributed by atoms with Gasteiger partial charge in [-0.25, -0.2) is 4.39 Å². The molecule has 3 aromatic rings. The molecule has 0 radical (unpaired) electrons. The molecule has 0 bridgehead atoms. The highest BCUT2D eigenvalue weighted by molar-refractivity contribution is 5.85. The lowest BCUT2D eigenvalue weighted by Gasteiger charge is -2.05. The van der Waals surface area contributed by atoms with Crippen molar-refractivity contribution >= 4 is 10.8 Å². The fourth-order valence-corrected chi connectivity index (χ4v) is 2.94. The predicted octanol–water partition coefficient (Wildman–Crippen LogP) is 6.28.